The van der Waals surface area contributed by atoms with Crippen LogP contribution in [0.15, 0.2) is 65.6 Å². The van der Waals surface area contributed by atoms with Crippen LogP contribution in [0.2, 0.25) is 0 Å². The molecule has 3 aromatic carbocycles. The summed E-state index contributed by atoms with van der Waals surface area (Å²) in [7, 11) is 4.80. The minimum Gasteiger partial charge on any atom is -0.382 e. The summed E-state index contributed by atoms with van der Waals surface area (Å²) in [4.78, 5) is 0.859. The Morgan fingerprint density at radius 3 is 2.39 bits per heavy atom. The summed E-state index contributed by atoms with van der Waals surface area (Å²) < 4.78 is 30.5. The molecule has 28 heavy (non-hydrogen) atoms. The molecule has 3 rings (SSSR count). The molecule has 3 nitrogen and oxygen atoms in total. The second-order valence-electron chi connectivity index (χ2n) is 6.58. The predicted molar refractivity (Wildman–Crippen MR) is 112 cm³/mol. The lowest BCUT2D eigenvalue weighted by molar-refractivity contribution is -0.0698. The van der Waals surface area contributed by atoms with Crippen molar-refractivity contribution < 1.29 is 18.6 Å². The van der Waals surface area contributed by atoms with Gasteiger partial charge in [-0.15, -0.1) is 11.8 Å². The average molecular weight is 401 g/mol. The Kier molecular flexibility index (Phi) is 7.45. The van der Waals surface area contributed by atoms with Gasteiger partial charge in [-0.05, 0) is 40.1 Å². The molecule has 0 saturated heterocycles. The van der Waals surface area contributed by atoms with Gasteiger partial charge in [0, 0.05) is 32.0 Å². The quantitative estimate of drug-likeness (QED) is 0.436. The molecule has 0 aliphatic carbocycles. The van der Waals surface area contributed by atoms with Crippen LogP contribution in [0.25, 0.3) is 10.8 Å². The molecule has 0 radical (unpaired) electrons. The van der Waals surface area contributed by atoms with Crippen molar-refractivity contribution in [2.45, 2.75) is 22.9 Å². The van der Waals surface area contributed by atoms with Crippen LogP contribution < -0.4 is 0 Å². The highest BCUT2D eigenvalue weighted by Crippen LogP contribution is 2.31. The van der Waals surface area contributed by atoms with E-state index in [9.17, 15) is 4.39 Å². The summed E-state index contributed by atoms with van der Waals surface area (Å²) in [5, 5.41) is 2.43. The van der Waals surface area contributed by atoms with E-state index in [0.29, 0.717) is 6.61 Å². The number of ether oxygens (including phenoxy) is 3. The van der Waals surface area contributed by atoms with Crippen LogP contribution >= 0.6 is 11.8 Å². The molecule has 0 heterocycles. The Balaban J connectivity index is 1.78. The molecule has 0 spiro atoms. The van der Waals surface area contributed by atoms with Crippen molar-refractivity contribution in [2.24, 2.45) is 0 Å². The minimum atomic E-state index is -0.402. The monoisotopic (exact) mass is 400 g/mol. The fraction of sp³-hybridized carbons (Fsp3) is 0.304. The van der Waals surface area contributed by atoms with Gasteiger partial charge >= 0.3 is 0 Å². The highest BCUT2D eigenvalue weighted by Gasteiger charge is 2.24. The van der Waals surface area contributed by atoms with Crippen molar-refractivity contribution in [1.82, 2.24) is 0 Å². The van der Waals surface area contributed by atoms with Gasteiger partial charge in [0.05, 0.1) is 6.61 Å². The molecule has 0 unspecified atom stereocenters. The largest absolute Gasteiger partial charge is 0.382 e. The first kappa shape index (κ1) is 20.8. The van der Waals surface area contributed by atoms with E-state index in [4.69, 9.17) is 14.2 Å². The molecule has 0 aromatic heterocycles. The van der Waals surface area contributed by atoms with Crippen LogP contribution in [0.3, 0.4) is 0 Å². The number of thioether (sulfide) groups is 1. The zero-order chi connectivity index (χ0) is 19.9. The number of hydrogen-bond acceptors (Lipinski definition) is 4. The Morgan fingerprint density at radius 2 is 1.68 bits per heavy atom. The zero-order valence-corrected chi connectivity index (χ0v) is 17.2. The summed E-state index contributed by atoms with van der Waals surface area (Å²) >= 11 is 1.60. The Bertz CT molecular complexity index is 915. The first-order valence-electron chi connectivity index (χ1n) is 9.10. The van der Waals surface area contributed by atoms with Crippen LogP contribution in [0, 0.1) is 5.82 Å². The maximum absolute atomic E-state index is 14.3. The van der Waals surface area contributed by atoms with Gasteiger partial charge in [-0.1, -0.05) is 42.5 Å². The molecule has 5 heteroatoms. The van der Waals surface area contributed by atoms with Crippen molar-refractivity contribution in [3.05, 3.63) is 77.6 Å². The third kappa shape index (κ3) is 5.11. The van der Waals surface area contributed by atoms with Crippen molar-refractivity contribution in [3.63, 3.8) is 0 Å². The number of hydrogen-bond donors (Lipinski definition) is 0. The van der Waals surface area contributed by atoms with E-state index >= 15 is 0 Å². The fourth-order valence-corrected chi connectivity index (χ4v) is 4.20. The first-order valence-corrected chi connectivity index (χ1v) is 10.1. The highest BCUT2D eigenvalue weighted by molar-refractivity contribution is 7.98. The van der Waals surface area contributed by atoms with Crippen LogP contribution in [-0.4, -0.2) is 34.0 Å². The van der Waals surface area contributed by atoms with Crippen molar-refractivity contribution in [1.29, 1.82) is 0 Å². The lowest BCUT2D eigenvalue weighted by atomic mass is 10.0. The van der Waals surface area contributed by atoms with E-state index in [1.54, 1.807) is 39.2 Å². The normalized spacial score (nSPS) is 13.6. The van der Waals surface area contributed by atoms with E-state index in [0.717, 1.165) is 16.2 Å². The summed E-state index contributed by atoms with van der Waals surface area (Å²) in [6.07, 6.45) is -0.712. The van der Waals surface area contributed by atoms with Gasteiger partial charge in [0.2, 0.25) is 0 Å². The molecule has 148 valence electrons. The highest BCUT2D eigenvalue weighted by atomic mass is 32.2. The summed E-state index contributed by atoms with van der Waals surface area (Å²) in [5.41, 5.74) is 1.94. The molecule has 0 aliphatic heterocycles. The van der Waals surface area contributed by atoms with E-state index in [-0.39, 0.29) is 11.9 Å². The van der Waals surface area contributed by atoms with Crippen molar-refractivity contribution >= 4 is 22.5 Å². The van der Waals surface area contributed by atoms with E-state index in [1.807, 2.05) is 18.2 Å². The molecule has 0 fully saturated rings. The Labute approximate surface area is 169 Å². The number of benzene rings is 3. The fourth-order valence-electron chi connectivity index (χ4n) is 3.27. The third-order valence-electron chi connectivity index (χ3n) is 4.67. The molecule has 2 atom stereocenters. The van der Waals surface area contributed by atoms with Crippen LogP contribution in [-0.2, 0) is 20.0 Å². The first-order chi connectivity index (χ1) is 13.6. The molecular formula is C23H25FO3S. The van der Waals surface area contributed by atoms with Gasteiger partial charge in [0.25, 0.3) is 0 Å². The lowest BCUT2D eigenvalue weighted by Gasteiger charge is -2.25. The van der Waals surface area contributed by atoms with Crippen LogP contribution in [0.1, 0.15) is 17.2 Å². The van der Waals surface area contributed by atoms with E-state index in [2.05, 4.69) is 30.3 Å². The second-order valence-corrected chi connectivity index (χ2v) is 7.62. The maximum atomic E-state index is 14.3. The minimum absolute atomic E-state index is 0.284. The van der Waals surface area contributed by atoms with Gasteiger partial charge in [0.1, 0.15) is 18.0 Å². The SMILES string of the molecule is COC[C@@H](OC)[C@H](OC)c1cc(F)cc(SCc2ccc3ccccc3c2)c1. The van der Waals surface area contributed by atoms with Gasteiger partial charge < -0.3 is 14.2 Å². The van der Waals surface area contributed by atoms with Crippen LogP contribution in [0.5, 0.6) is 0 Å². The third-order valence-corrected chi connectivity index (χ3v) is 5.71. The van der Waals surface area contributed by atoms with Gasteiger partial charge in [-0.25, -0.2) is 4.39 Å². The number of methoxy groups -OCH3 is 3. The molecule has 0 bridgehead atoms. The standard InChI is InChI=1S/C23H25FO3S/c1-25-14-22(26-2)23(27-3)19-11-20(24)13-21(12-19)28-15-16-8-9-17-6-4-5-7-18(17)10-16/h4-13,22-23H,14-15H2,1-3H3/t22-,23-/m1/s1. The summed E-state index contributed by atoms with van der Waals surface area (Å²) in [5.74, 6) is 0.477. The van der Waals surface area contributed by atoms with Crippen LogP contribution in [0.4, 0.5) is 4.39 Å². The number of fused-ring (bicyclic) bond motifs is 1. The van der Waals surface area contributed by atoms with Crippen molar-refractivity contribution in [3.8, 4) is 0 Å². The lowest BCUT2D eigenvalue weighted by Crippen LogP contribution is -2.27. The summed E-state index contributed by atoms with van der Waals surface area (Å²) in [6.45, 7) is 0.366. The molecule has 0 amide bonds. The molecule has 0 N–H and O–H groups in total. The molecule has 0 aliphatic rings. The Morgan fingerprint density at radius 1 is 0.893 bits per heavy atom. The molecule has 0 saturated carbocycles. The Hall–Kier alpha value is -1.92. The number of halogens is 1. The van der Waals surface area contributed by atoms with Gasteiger partial charge in [-0.2, -0.15) is 0 Å². The maximum Gasteiger partial charge on any atom is 0.124 e. The zero-order valence-electron chi connectivity index (χ0n) is 16.4. The summed E-state index contributed by atoms with van der Waals surface area (Å²) in [6, 6.07) is 19.7. The van der Waals surface area contributed by atoms with Crippen molar-refractivity contribution in [2.75, 3.05) is 27.9 Å². The van der Waals surface area contributed by atoms with E-state index < -0.39 is 6.10 Å². The topological polar surface area (TPSA) is 27.7 Å². The average Bonchev–Trinajstić information content (AvgIpc) is 2.71. The second kappa shape index (κ2) is 10.0. The smallest absolute Gasteiger partial charge is 0.124 e. The van der Waals surface area contributed by atoms with Gasteiger partial charge in [-0.3, -0.25) is 0 Å². The number of rotatable bonds is 9. The molecule has 3 aromatic rings. The van der Waals surface area contributed by atoms with E-state index in [1.165, 1.54) is 22.4 Å². The predicted octanol–water partition coefficient (Wildman–Crippen LogP) is 5.62. The van der Waals surface area contributed by atoms with Gasteiger partial charge in [0.15, 0.2) is 0 Å². The molecular weight excluding hydrogens is 375 g/mol.